The predicted molar refractivity (Wildman–Crippen MR) is 88.9 cm³/mol. The molecule has 3 N–H and O–H groups in total. The number of hydrogen-bond donors (Lipinski definition) is 3. The molecular formula is C16H25NO4S. The van der Waals surface area contributed by atoms with Crippen LogP contribution in [0, 0.1) is 0 Å². The van der Waals surface area contributed by atoms with Gasteiger partial charge in [-0.25, -0.2) is 4.79 Å². The van der Waals surface area contributed by atoms with Gasteiger partial charge in [-0.05, 0) is 31.6 Å². The number of nitrogens with one attached hydrogen (secondary N) is 1. The van der Waals surface area contributed by atoms with Crippen LogP contribution in [0.25, 0.3) is 0 Å². The van der Waals surface area contributed by atoms with Gasteiger partial charge in [-0.3, -0.25) is 0 Å². The van der Waals surface area contributed by atoms with Crippen LogP contribution in [-0.4, -0.2) is 46.1 Å². The summed E-state index contributed by atoms with van der Waals surface area (Å²) in [6.45, 7) is 3.89. The number of aliphatic hydroxyl groups excluding tert-OH is 2. The molecule has 0 aliphatic rings. The molecular weight excluding hydrogens is 302 g/mol. The summed E-state index contributed by atoms with van der Waals surface area (Å²) in [4.78, 5) is 11.8. The van der Waals surface area contributed by atoms with Crippen molar-refractivity contribution in [1.29, 1.82) is 0 Å². The van der Waals surface area contributed by atoms with E-state index in [9.17, 15) is 9.90 Å². The second-order valence-corrected chi connectivity index (χ2v) is 6.88. The van der Waals surface area contributed by atoms with Crippen molar-refractivity contribution in [3.63, 3.8) is 0 Å². The summed E-state index contributed by atoms with van der Waals surface area (Å²) in [5, 5.41) is 20.8. The minimum atomic E-state index is -0.683. The molecule has 0 saturated carbocycles. The molecule has 5 nitrogen and oxygen atoms in total. The molecule has 0 bridgehead atoms. The average Bonchev–Trinajstić information content (AvgIpc) is 2.50. The molecule has 1 aromatic rings. The summed E-state index contributed by atoms with van der Waals surface area (Å²) in [6, 6.07) is 9.53. The van der Waals surface area contributed by atoms with E-state index in [-0.39, 0.29) is 18.8 Å². The lowest BCUT2D eigenvalue weighted by Gasteiger charge is -2.25. The Morgan fingerprint density at radius 3 is 2.68 bits per heavy atom. The summed E-state index contributed by atoms with van der Waals surface area (Å²) < 4.78 is 5.20. The van der Waals surface area contributed by atoms with Gasteiger partial charge in [0.25, 0.3) is 0 Å². The van der Waals surface area contributed by atoms with Crippen LogP contribution < -0.4 is 5.32 Å². The molecule has 0 aliphatic heterocycles. The number of carbonyl (C=O) groups is 1. The molecule has 0 aliphatic carbocycles. The second kappa shape index (κ2) is 9.71. The van der Waals surface area contributed by atoms with Gasteiger partial charge in [0.05, 0.1) is 12.7 Å². The number of ether oxygens (including phenoxy) is 1. The van der Waals surface area contributed by atoms with Crippen LogP contribution in [0.2, 0.25) is 0 Å². The van der Waals surface area contributed by atoms with E-state index in [4.69, 9.17) is 9.84 Å². The number of alkyl carbamates (subject to hydrolysis) is 1. The van der Waals surface area contributed by atoms with Gasteiger partial charge in [0.2, 0.25) is 0 Å². The summed E-state index contributed by atoms with van der Waals surface area (Å²) in [7, 11) is 0. The number of hydrogen-bond acceptors (Lipinski definition) is 5. The number of rotatable bonds is 9. The van der Waals surface area contributed by atoms with Gasteiger partial charge in [-0.15, -0.1) is 0 Å². The zero-order valence-corrected chi connectivity index (χ0v) is 13.9. The van der Waals surface area contributed by atoms with Crippen molar-refractivity contribution in [1.82, 2.24) is 5.32 Å². The number of benzene rings is 1. The highest BCUT2D eigenvalue weighted by Gasteiger charge is 2.21. The molecule has 0 fully saturated rings. The van der Waals surface area contributed by atoms with Crippen LogP contribution >= 0.6 is 11.8 Å². The van der Waals surface area contributed by atoms with E-state index in [1.54, 1.807) is 11.8 Å². The van der Waals surface area contributed by atoms with E-state index in [1.807, 2.05) is 44.2 Å². The first-order chi connectivity index (χ1) is 10.4. The van der Waals surface area contributed by atoms with Crippen LogP contribution in [0.4, 0.5) is 4.79 Å². The standard InChI is InChI=1S/C16H25NO4S/c1-16(2,8-9-22-12-14(19)10-18)17-15(20)21-11-13-6-4-3-5-7-13/h3-7,14,18-19H,8-12H2,1-2H3,(H,17,20). The Balaban J connectivity index is 2.23. The van der Waals surface area contributed by atoms with Crippen LogP contribution in [-0.2, 0) is 11.3 Å². The number of amides is 1. The first-order valence-corrected chi connectivity index (χ1v) is 8.44. The summed E-state index contributed by atoms with van der Waals surface area (Å²) in [6.07, 6.45) is -0.373. The lowest BCUT2D eigenvalue weighted by molar-refractivity contribution is 0.113. The zero-order chi connectivity index (χ0) is 16.4. The van der Waals surface area contributed by atoms with Crippen molar-refractivity contribution in [2.75, 3.05) is 18.1 Å². The lowest BCUT2D eigenvalue weighted by atomic mass is 10.0. The quantitative estimate of drug-likeness (QED) is 0.606. The van der Waals surface area contributed by atoms with E-state index in [1.165, 1.54) is 0 Å². The van der Waals surface area contributed by atoms with Gasteiger partial charge in [-0.1, -0.05) is 30.3 Å². The second-order valence-electron chi connectivity index (χ2n) is 5.73. The first-order valence-electron chi connectivity index (χ1n) is 7.28. The van der Waals surface area contributed by atoms with Gasteiger partial charge < -0.3 is 20.3 Å². The molecule has 0 saturated heterocycles. The normalized spacial score (nSPS) is 12.7. The third-order valence-corrected chi connectivity index (χ3v) is 4.16. The highest BCUT2D eigenvalue weighted by atomic mass is 32.2. The molecule has 22 heavy (non-hydrogen) atoms. The summed E-state index contributed by atoms with van der Waals surface area (Å²) in [5.41, 5.74) is 0.564. The monoisotopic (exact) mass is 327 g/mol. The van der Waals surface area contributed by atoms with Gasteiger partial charge in [0.1, 0.15) is 6.61 Å². The van der Waals surface area contributed by atoms with E-state index < -0.39 is 12.2 Å². The number of aliphatic hydroxyl groups is 2. The number of thioether (sulfide) groups is 1. The molecule has 6 heteroatoms. The molecule has 0 aromatic heterocycles. The van der Waals surface area contributed by atoms with E-state index in [2.05, 4.69) is 5.32 Å². The van der Waals surface area contributed by atoms with E-state index in [0.717, 1.165) is 17.7 Å². The van der Waals surface area contributed by atoms with Gasteiger partial charge in [0.15, 0.2) is 0 Å². The maximum Gasteiger partial charge on any atom is 0.407 e. The molecule has 1 aromatic carbocycles. The van der Waals surface area contributed by atoms with E-state index >= 15 is 0 Å². The van der Waals surface area contributed by atoms with Crippen molar-refractivity contribution in [3.8, 4) is 0 Å². The Morgan fingerprint density at radius 2 is 2.05 bits per heavy atom. The largest absolute Gasteiger partial charge is 0.445 e. The van der Waals surface area contributed by atoms with Crippen LogP contribution in [0.5, 0.6) is 0 Å². The minimum absolute atomic E-state index is 0.222. The summed E-state index contributed by atoms with van der Waals surface area (Å²) in [5.74, 6) is 1.27. The molecule has 1 amide bonds. The predicted octanol–water partition coefficient (Wildman–Crippen LogP) is 2.17. The highest BCUT2D eigenvalue weighted by Crippen LogP contribution is 2.15. The lowest BCUT2D eigenvalue weighted by Crippen LogP contribution is -2.44. The fraction of sp³-hybridized carbons (Fsp3) is 0.562. The molecule has 0 heterocycles. The van der Waals surface area contributed by atoms with Crippen LogP contribution in [0.3, 0.4) is 0 Å². The van der Waals surface area contributed by atoms with Gasteiger partial charge in [0, 0.05) is 11.3 Å². The third-order valence-electron chi connectivity index (χ3n) is 3.05. The van der Waals surface area contributed by atoms with Gasteiger partial charge >= 0.3 is 6.09 Å². The average molecular weight is 327 g/mol. The van der Waals surface area contributed by atoms with E-state index in [0.29, 0.717) is 5.75 Å². The van der Waals surface area contributed by atoms with Crippen molar-refractivity contribution >= 4 is 17.9 Å². The van der Waals surface area contributed by atoms with Gasteiger partial charge in [-0.2, -0.15) is 11.8 Å². The molecule has 1 unspecified atom stereocenters. The van der Waals surface area contributed by atoms with Crippen molar-refractivity contribution in [3.05, 3.63) is 35.9 Å². The molecule has 0 radical (unpaired) electrons. The van der Waals surface area contributed by atoms with Crippen molar-refractivity contribution in [2.45, 2.75) is 38.5 Å². The minimum Gasteiger partial charge on any atom is -0.445 e. The van der Waals surface area contributed by atoms with Crippen molar-refractivity contribution < 1.29 is 19.7 Å². The fourth-order valence-corrected chi connectivity index (χ4v) is 2.90. The highest BCUT2D eigenvalue weighted by molar-refractivity contribution is 7.99. The summed E-state index contributed by atoms with van der Waals surface area (Å²) >= 11 is 1.55. The van der Waals surface area contributed by atoms with Crippen LogP contribution in [0.1, 0.15) is 25.8 Å². The molecule has 1 atom stereocenters. The Morgan fingerprint density at radius 1 is 1.36 bits per heavy atom. The Bertz CT molecular complexity index is 439. The Labute approximate surface area is 136 Å². The Hall–Kier alpha value is -1.24. The zero-order valence-electron chi connectivity index (χ0n) is 13.1. The smallest absolute Gasteiger partial charge is 0.407 e. The number of carbonyl (C=O) groups excluding carboxylic acids is 1. The molecule has 124 valence electrons. The van der Waals surface area contributed by atoms with Crippen molar-refractivity contribution in [2.24, 2.45) is 0 Å². The maximum atomic E-state index is 11.8. The molecule has 1 rings (SSSR count). The third kappa shape index (κ3) is 8.26. The molecule has 0 spiro atoms. The van der Waals surface area contributed by atoms with Crippen LogP contribution in [0.15, 0.2) is 30.3 Å². The topological polar surface area (TPSA) is 78.8 Å². The SMILES string of the molecule is CC(C)(CCSCC(O)CO)NC(=O)OCc1ccccc1. The maximum absolute atomic E-state index is 11.8. The Kier molecular flexibility index (Phi) is 8.30. The first kappa shape index (κ1) is 18.8. The fourth-order valence-electron chi connectivity index (χ4n) is 1.70.